The molecule has 0 aliphatic carbocycles. The maximum atomic E-state index is 5.77. The van der Waals surface area contributed by atoms with Crippen LogP contribution >= 0.6 is 11.8 Å². The lowest BCUT2D eigenvalue weighted by atomic mass is 10.0. The molecule has 0 N–H and O–H groups in total. The van der Waals surface area contributed by atoms with Gasteiger partial charge in [0.05, 0.1) is 5.60 Å². The Kier molecular flexibility index (Phi) is 8.59. The van der Waals surface area contributed by atoms with Gasteiger partial charge < -0.3 is 4.74 Å². The van der Waals surface area contributed by atoms with Crippen molar-refractivity contribution < 1.29 is 4.74 Å². The number of ether oxygens (including phenoxy) is 1. The van der Waals surface area contributed by atoms with E-state index >= 15 is 0 Å². The van der Waals surface area contributed by atoms with Crippen LogP contribution in [0, 0.1) is 0 Å². The molecule has 120 valence electrons. The molecule has 0 spiro atoms. The minimum absolute atomic E-state index is 0.123. The summed E-state index contributed by atoms with van der Waals surface area (Å²) >= 11 is 2.08. The second-order valence-electron chi connectivity index (χ2n) is 7.08. The van der Waals surface area contributed by atoms with Crippen molar-refractivity contribution in [2.24, 2.45) is 0 Å². The molecule has 20 heavy (non-hydrogen) atoms. The topological polar surface area (TPSA) is 12.5 Å². The Morgan fingerprint density at radius 2 is 1.20 bits per heavy atom. The van der Waals surface area contributed by atoms with Crippen LogP contribution < -0.4 is 0 Å². The molecule has 0 saturated carbocycles. The summed E-state index contributed by atoms with van der Waals surface area (Å²) < 4.78 is 5.77. The molecule has 1 fully saturated rings. The van der Waals surface area contributed by atoms with Crippen molar-refractivity contribution in [3.8, 4) is 0 Å². The van der Waals surface area contributed by atoms with Gasteiger partial charge in [-0.1, -0.05) is 64.7 Å². The molecule has 0 amide bonds. The molecule has 1 heterocycles. The molecular weight excluding hydrogens is 264 g/mol. The van der Waals surface area contributed by atoms with Gasteiger partial charge in [-0.25, -0.2) is 0 Å². The number of rotatable bonds is 13. The van der Waals surface area contributed by atoms with Crippen LogP contribution in [-0.2, 0) is 4.74 Å². The van der Waals surface area contributed by atoms with Crippen LogP contribution in [0.3, 0.4) is 0 Å². The van der Waals surface area contributed by atoms with E-state index in [1.807, 2.05) is 0 Å². The predicted octanol–water partition coefficient (Wildman–Crippen LogP) is 6.21. The van der Waals surface area contributed by atoms with E-state index in [1.165, 1.54) is 70.0 Å². The van der Waals surface area contributed by atoms with Crippen LogP contribution in [0.5, 0.6) is 0 Å². The summed E-state index contributed by atoms with van der Waals surface area (Å²) in [6.45, 7) is 8.94. The van der Waals surface area contributed by atoms with Gasteiger partial charge in [0.15, 0.2) is 0 Å². The summed E-state index contributed by atoms with van der Waals surface area (Å²) in [5.74, 6) is 2.48. The number of thioether (sulfide) groups is 1. The zero-order valence-corrected chi connectivity index (χ0v) is 15.1. The van der Waals surface area contributed by atoms with Gasteiger partial charge in [-0.3, -0.25) is 0 Å². The monoisotopic (exact) mass is 300 g/mol. The smallest absolute Gasteiger partial charge is 0.104 e. The van der Waals surface area contributed by atoms with Crippen LogP contribution in [0.1, 0.15) is 91.9 Å². The van der Waals surface area contributed by atoms with Crippen LogP contribution in [0.25, 0.3) is 0 Å². The van der Waals surface area contributed by atoms with Crippen molar-refractivity contribution in [2.75, 3.05) is 11.5 Å². The molecule has 2 heteroatoms. The van der Waals surface area contributed by atoms with Crippen molar-refractivity contribution in [3.63, 3.8) is 0 Å². The first-order valence-corrected chi connectivity index (χ1v) is 9.95. The Labute approximate surface area is 131 Å². The Morgan fingerprint density at radius 3 is 1.65 bits per heavy atom. The highest BCUT2D eigenvalue weighted by atomic mass is 32.2. The Bertz CT molecular complexity index is 252. The van der Waals surface area contributed by atoms with Crippen LogP contribution in [-0.4, -0.2) is 22.7 Å². The van der Waals surface area contributed by atoms with E-state index in [0.29, 0.717) is 0 Å². The fourth-order valence-electron chi connectivity index (χ4n) is 2.70. The molecule has 1 aliphatic rings. The first kappa shape index (κ1) is 18.4. The van der Waals surface area contributed by atoms with Crippen molar-refractivity contribution in [3.05, 3.63) is 0 Å². The molecule has 1 unspecified atom stereocenters. The summed E-state index contributed by atoms with van der Waals surface area (Å²) in [6.07, 6.45) is 14.3. The van der Waals surface area contributed by atoms with Gasteiger partial charge in [0.1, 0.15) is 5.60 Å². The fourth-order valence-corrected chi connectivity index (χ4v) is 4.05. The normalized spacial score (nSPS) is 24.0. The highest BCUT2D eigenvalue weighted by Gasteiger charge is 2.59. The molecule has 1 rings (SSSR count). The molecule has 1 aliphatic heterocycles. The molecule has 0 bridgehead atoms. The number of hydrogen-bond acceptors (Lipinski definition) is 2. The quantitative estimate of drug-likeness (QED) is 0.296. The molecule has 1 saturated heterocycles. The summed E-state index contributed by atoms with van der Waals surface area (Å²) in [5.41, 5.74) is 0.272. The first-order chi connectivity index (χ1) is 9.52. The standard InChI is InChI=1S/C18H36OS/c1-5-6-7-8-9-10-11-12-13-14-15-20-16-18(4)17(2,3)19-18/h5-16H2,1-4H3. The van der Waals surface area contributed by atoms with E-state index < -0.39 is 0 Å². The highest BCUT2D eigenvalue weighted by molar-refractivity contribution is 7.99. The van der Waals surface area contributed by atoms with E-state index in [2.05, 4.69) is 39.5 Å². The van der Waals surface area contributed by atoms with E-state index in [-0.39, 0.29) is 11.2 Å². The molecule has 1 nitrogen and oxygen atoms in total. The lowest BCUT2D eigenvalue weighted by Gasteiger charge is -2.08. The molecule has 0 aromatic rings. The van der Waals surface area contributed by atoms with Gasteiger partial charge in [0, 0.05) is 5.75 Å². The maximum Gasteiger partial charge on any atom is 0.104 e. The molecule has 1 atom stereocenters. The molecular formula is C18H36OS. The Morgan fingerprint density at radius 1 is 0.750 bits per heavy atom. The van der Waals surface area contributed by atoms with Gasteiger partial charge in [-0.15, -0.1) is 0 Å². The van der Waals surface area contributed by atoms with Crippen molar-refractivity contribution >= 4 is 11.8 Å². The minimum Gasteiger partial charge on any atom is -0.363 e. The minimum atomic E-state index is 0.123. The third kappa shape index (κ3) is 6.85. The first-order valence-electron chi connectivity index (χ1n) is 8.80. The zero-order chi connectivity index (χ0) is 14.9. The van der Waals surface area contributed by atoms with Gasteiger partial charge in [0.2, 0.25) is 0 Å². The second-order valence-corrected chi connectivity index (χ2v) is 8.18. The van der Waals surface area contributed by atoms with E-state index in [0.717, 1.165) is 5.75 Å². The molecule has 0 radical (unpaired) electrons. The Hall–Kier alpha value is 0.310. The highest BCUT2D eigenvalue weighted by Crippen LogP contribution is 2.48. The molecule has 0 aromatic heterocycles. The van der Waals surface area contributed by atoms with Crippen LogP contribution in [0.2, 0.25) is 0 Å². The second kappa shape index (κ2) is 9.35. The predicted molar refractivity (Wildman–Crippen MR) is 92.7 cm³/mol. The van der Waals surface area contributed by atoms with E-state index in [1.54, 1.807) is 0 Å². The maximum absolute atomic E-state index is 5.77. The van der Waals surface area contributed by atoms with Crippen molar-refractivity contribution in [1.82, 2.24) is 0 Å². The summed E-state index contributed by atoms with van der Waals surface area (Å²) in [6, 6.07) is 0. The van der Waals surface area contributed by atoms with Crippen molar-refractivity contribution in [2.45, 2.75) is 103 Å². The Balaban J connectivity index is 1.75. The third-order valence-electron chi connectivity index (χ3n) is 4.73. The zero-order valence-electron chi connectivity index (χ0n) is 14.3. The largest absolute Gasteiger partial charge is 0.363 e. The summed E-state index contributed by atoms with van der Waals surface area (Å²) in [5, 5.41) is 0. The van der Waals surface area contributed by atoms with E-state index in [9.17, 15) is 0 Å². The van der Waals surface area contributed by atoms with Crippen molar-refractivity contribution in [1.29, 1.82) is 0 Å². The number of unbranched alkanes of at least 4 members (excludes halogenated alkanes) is 9. The van der Waals surface area contributed by atoms with E-state index in [4.69, 9.17) is 4.74 Å². The summed E-state index contributed by atoms with van der Waals surface area (Å²) in [7, 11) is 0. The van der Waals surface area contributed by atoms with Gasteiger partial charge in [0.25, 0.3) is 0 Å². The summed E-state index contributed by atoms with van der Waals surface area (Å²) in [4.78, 5) is 0. The number of epoxide rings is 1. The lowest BCUT2D eigenvalue weighted by molar-refractivity contribution is 0.298. The van der Waals surface area contributed by atoms with Crippen LogP contribution in [0.15, 0.2) is 0 Å². The lowest BCUT2D eigenvalue weighted by Crippen LogP contribution is -2.19. The third-order valence-corrected chi connectivity index (χ3v) is 6.06. The fraction of sp³-hybridized carbons (Fsp3) is 1.00. The average molecular weight is 301 g/mol. The SMILES string of the molecule is CCCCCCCCCCCCSCC1(C)OC1(C)C. The van der Waals surface area contributed by atoms with Gasteiger partial charge in [-0.05, 0) is 32.9 Å². The van der Waals surface area contributed by atoms with Gasteiger partial charge >= 0.3 is 0 Å². The number of hydrogen-bond donors (Lipinski definition) is 0. The van der Waals surface area contributed by atoms with Crippen LogP contribution in [0.4, 0.5) is 0 Å². The molecule has 0 aromatic carbocycles. The van der Waals surface area contributed by atoms with Gasteiger partial charge in [-0.2, -0.15) is 11.8 Å². The average Bonchev–Trinajstić information content (AvgIpc) is 2.90.